The summed E-state index contributed by atoms with van der Waals surface area (Å²) < 4.78 is 4.43. The second-order valence-electron chi connectivity index (χ2n) is 1.71. The van der Waals surface area contributed by atoms with Gasteiger partial charge >= 0.3 is 5.97 Å². The van der Waals surface area contributed by atoms with Gasteiger partial charge in [0.1, 0.15) is 0 Å². The highest BCUT2D eigenvalue weighted by atomic mass is 32.1. The summed E-state index contributed by atoms with van der Waals surface area (Å²) >= 11 is 4.00. The Kier molecular flexibility index (Phi) is 4.22. The maximum atomic E-state index is 10.5. The third-order valence-electron chi connectivity index (χ3n) is 0.677. The molecule has 0 saturated carbocycles. The fraction of sp³-hybridized carbons (Fsp3) is 0.500. The van der Waals surface area contributed by atoms with Crippen LogP contribution in [-0.4, -0.2) is 11.2 Å². The van der Waals surface area contributed by atoms with Crippen molar-refractivity contribution in [3.63, 3.8) is 0 Å². The molecule has 0 N–H and O–H groups in total. The summed E-state index contributed by atoms with van der Waals surface area (Å²) in [6.07, 6.45) is 1.45. The molecule has 0 radical (unpaired) electrons. The van der Waals surface area contributed by atoms with Crippen molar-refractivity contribution in [2.75, 3.05) is 0 Å². The molecule has 0 saturated heterocycles. The molecule has 0 aliphatic heterocycles. The number of esters is 1. The van der Waals surface area contributed by atoms with Gasteiger partial charge in [-0.25, -0.2) is 0 Å². The van der Waals surface area contributed by atoms with Crippen molar-refractivity contribution in [2.24, 2.45) is 0 Å². The zero-order valence-electron chi connectivity index (χ0n) is 5.33. The lowest BCUT2D eigenvalue weighted by molar-refractivity contribution is -0.137. The minimum atomic E-state index is -0.285. The summed E-state index contributed by atoms with van der Waals surface area (Å²) in [5.41, 5.74) is 0. The summed E-state index contributed by atoms with van der Waals surface area (Å²) in [7, 11) is 0. The first-order chi connectivity index (χ1) is 4.16. The molecule has 0 bridgehead atoms. The van der Waals surface area contributed by atoms with Crippen LogP contribution in [0, 0.1) is 0 Å². The van der Waals surface area contributed by atoms with Crippen molar-refractivity contribution in [1.29, 1.82) is 0 Å². The van der Waals surface area contributed by atoms with Crippen molar-refractivity contribution in [3.05, 3.63) is 12.8 Å². The predicted octanol–water partition coefficient (Wildman–Crippen LogP) is 1.38. The van der Waals surface area contributed by atoms with Crippen LogP contribution in [0.3, 0.4) is 0 Å². The highest BCUT2D eigenvalue weighted by molar-refractivity contribution is 7.80. The summed E-state index contributed by atoms with van der Waals surface area (Å²) in [6, 6.07) is 0. The first-order valence-corrected chi connectivity index (χ1v) is 3.17. The van der Waals surface area contributed by atoms with Gasteiger partial charge in [-0.2, -0.15) is 12.6 Å². The number of rotatable bonds is 3. The molecular formula is C6H10O2S. The average molecular weight is 146 g/mol. The zero-order valence-corrected chi connectivity index (χ0v) is 6.23. The molecule has 9 heavy (non-hydrogen) atoms. The molecule has 0 fully saturated rings. The molecule has 1 unspecified atom stereocenters. The van der Waals surface area contributed by atoms with E-state index in [1.807, 2.05) is 6.92 Å². The Morgan fingerprint density at radius 3 is 2.89 bits per heavy atom. The van der Waals surface area contributed by atoms with Gasteiger partial charge in [-0.05, 0) is 0 Å². The lowest BCUT2D eigenvalue weighted by atomic mass is 10.3. The number of carbonyl (C=O) groups is 1. The minimum Gasteiger partial charge on any atom is -0.435 e. The maximum absolute atomic E-state index is 10.5. The van der Waals surface area contributed by atoms with Crippen LogP contribution in [0.15, 0.2) is 12.8 Å². The van der Waals surface area contributed by atoms with Gasteiger partial charge in [0.25, 0.3) is 0 Å². The number of thiol groups is 1. The van der Waals surface area contributed by atoms with Crippen molar-refractivity contribution in [2.45, 2.75) is 18.6 Å². The SMILES string of the molecule is C=COC(=O)CC(C)S. The molecule has 2 nitrogen and oxygen atoms in total. The smallest absolute Gasteiger partial charge is 0.311 e. The normalized spacial score (nSPS) is 12.2. The molecule has 0 aromatic heterocycles. The summed E-state index contributed by atoms with van der Waals surface area (Å²) in [4.78, 5) is 10.5. The Morgan fingerprint density at radius 2 is 2.56 bits per heavy atom. The van der Waals surface area contributed by atoms with Crippen LogP contribution in [0.25, 0.3) is 0 Å². The van der Waals surface area contributed by atoms with E-state index in [9.17, 15) is 4.79 Å². The highest BCUT2D eigenvalue weighted by Gasteiger charge is 2.03. The Balaban J connectivity index is 3.38. The Morgan fingerprint density at radius 1 is 2.00 bits per heavy atom. The Labute approximate surface area is 60.3 Å². The Bertz CT molecular complexity index is 110. The number of hydrogen-bond acceptors (Lipinski definition) is 3. The predicted molar refractivity (Wildman–Crippen MR) is 39.4 cm³/mol. The number of hydrogen-bond donors (Lipinski definition) is 1. The van der Waals surface area contributed by atoms with E-state index >= 15 is 0 Å². The highest BCUT2D eigenvalue weighted by Crippen LogP contribution is 2.00. The topological polar surface area (TPSA) is 26.3 Å². The quantitative estimate of drug-likeness (QED) is 0.370. The van der Waals surface area contributed by atoms with Crippen LogP contribution in [0.4, 0.5) is 0 Å². The second kappa shape index (κ2) is 4.44. The minimum absolute atomic E-state index is 0.0532. The van der Waals surface area contributed by atoms with Gasteiger partial charge in [0.15, 0.2) is 0 Å². The van der Waals surface area contributed by atoms with Crippen LogP contribution in [0.1, 0.15) is 13.3 Å². The van der Waals surface area contributed by atoms with Gasteiger partial charge in [-0.3, -0.25) is 4.79 Å². The summed E-state index contributed by atoms with van der Waals surface area (Å²) in [6.45, 7) is 5.07. The van der Waals surface area contributed by atoms with E-state index < -0.39 is 0 Å². The fourth-order valence-electron chi connectivity index (χ4n) is 0.382. The van der Waals surface area contributed by atoms with Crippen LogP contribution < -0.4 is 0 Å². The first kappa shape index (κ1) is 8.56. The van der Waals surface area contributed by atoms with Crippen LogP contribution in [0.2, 0.25) is 0 Å². The molecule has 0 rings (SSSR count). The van der Waals surface area contributed by atoms with Crippen LogP contribution >= 0.6 is 12.6 Å². The zero-order chi connectivity index (χ0) is 7.28. The van der Waals surface area contributed by atoms with Crippen molar-refractivity contribution >= 4 is 18.6 Å². The van der Waals surface area contributed by atoms with Gasteiger partial charge in [0, 0.05) is 5.25 Å². The van der Waals surface area contributed by atoms with E-state index in [4.69, 9.17) is 0 Å². The van der Waals surface area contributed by atoms with E-state index in [0.29, 0.717) is 6.42 Å². The van der Waals surface area contributed by atoms with E-state index in [-0.39, 0.29) is 11.2 Å². The van der Waals surface area contributed by atoms with Crippen molar-refractivity contribution in [3.8, 4) is 0 Å². The van der Waals surface area contributed by atoms with Crippen molar-refractivity contribution < 1.29 is 9.53 Å². The maximum Gasteiger partial charge on any atom is 0.311 e. The van der Waals surface area contributed by atoms with Crippen molar-refractivity contribution in [1.82, 2.24) is 0 Å². The van der Waals surface area contributed by atoms with Gasteiger partial charge < -0.3 is 4.74 Å². The Hall–Kier alpha value is -0.440. The van der Waals surface area contributed by atoms with Crippen LogP contribution in [-0.2, 0) is 9.53 Å². The average Bonchev–Trinajstić information content (AvgIpc) is 1.63. The third-order valence-corrected chi connectivity index (χ3v) is 0.859. The molecule has 0 aliphatic rings. The molecule has 1 atom stereocenters. The van der Waals surface area contributed by atoms with Gasteiger partial charge in [0.05, 0.1) is 12.7 Å². The van der Waals surface area contributed by atoms with E-state index in [1.165, 1.54) is 0 Å². The van der Waals surface area contributed by atoms with E-state index in [1.54, 1.807) is 0 Å². The molecule has 0 heterocycles. The van der Waals surface area contributed by atoms with Gasteiger partial charge in [0.2, 0.25) is 0 Å². The van der Waals surface area contributed by atoms with Gasteiger partial charge in [-0.1, -0.05) is 13.5 Å². The number of carbonyl (C=O) groups excluding carboxylic acids is 1. The molecule has 0 aliphatic carbocycles. The molecule has 0 aromatic rings. The van der Waals surface area contributed by atoms with Crippen LogP contribution in [0.5, 0.6) is 0 Å². The molecule has 3 heteroatoms. The lowest BCUT2D eigenvalue weighted by Crippen LogP contribution is -2.05. The largest absolute Gasteiger partial charge is 0.435 e. The lowest BCUT2D eigenvalue weighted by Gasteiger charge is -1.99. The molecular weight excluding hydrogens is 136 g/mol. The molecule has 0 aromatic carbocycles. The molecule has 0 amide bonds. The second-order valence-corrected chi connectivity index (χ2v) is 2.59. The van der Waals surface area contributed by atoms with E-state index in [0.717, 1.165) is 6.26 Å². The summed E-state index contributed by atoms with van der Waals surface area (Å²) in [5.74, 6) is -0.285. The third kappa shape index (κ3) is 5.43. The fourth-order valence-corrected chi connectivity index (χ4v) is 0.531. The number of ether oxygens (including phenoxy) is 1. The monoisotopic (exact) mass is 146 g/mol. The molecule has 52 valence electrons. The summed E-state index contributed by atoms with van der Waals surface area (Å²) in [5, 5.41) is 0.0532. The first-order valence-electron chi connectivity index (χ1n) is 2.65. The van der Waals surface area contributed by atoms with Gasteiger partial charge in [-0.15, -0.1) is 0 Å². The standard InChI is InChI=1S/C6H10O2S/c1-3-8-6(7)4-5(2)9/h3,5,9H,1,4H2,2H3. The molecule has 0 spiro atoms. The van der Waals surface area contributed by atoms with E-state index in [2.05, 4.69) is 23.9 Å².